The Bertz CT molecular complexity index is 468. The van der Waals surface area contributed by atoms with Gasteiger partial charge in [0.15, 0.2) is 0 Å². The van der Waals surface area contributed by atoms with Gasteiger partial charge in [0.1, 0.15) is 5.82 Å². The van der Waals surface area contributed by atoms with E-state index in [2.05, 4.69) is 10.3 Å². The van der Waals surface area contributed by atoms with Crippen molar-refractivity contribution in [1.29, 1.82) is 0 Å². The van der Waals surface area contributed by atoms with Crippen molar-refractivity contribution in [2.24, 2.45) is 0 Å². The maximum absolute atomic E-state index is 9.93. The lowest BCUT2D eigenvalue weighted by molar-refractivity contribution is 0.188. The van der Waals surface area contributed by atoms with E-state index < -0.39 is 6.10 Å². The number of anilines is 1. The molecule has 1 unspecified atom stereocenters. The number of rotatable bonds is 5. The van der Waals surface area contributed by atoms with Crippen LogP contribution in [-0.2, 0) is 6.42 Å². The molecule has 1 aromatic carbocycles. The predicted octanol–water partition coefficient (Wildman–Crippen LogP) is 2.41. The minimum absolute atomic E-state index is 0.407. The van der Waals surface area contributed by atoms with Crippen molar-refractivity contribution in [3.8, 4) is 0 Å². The number of nitrogens with one attached hydrogen (secondary N) is 1. The third-order valence-corrected chi connectivity index (χ3v) is 2.74. The summed E-state index contributed by atoms with van der Waals surface area (Å²) < 4.78 is 0. The number of aliphatic hydroxyl groups excluding tert-OH is 1. The second-order valence-corrected chi connectivity index (χ2v) is 4.45. The van der Waals surface area contributed by atoms with Gasteiger partial charge in [-0.3, -0.25) is 0 Å². The van der Waals surface area contributed by atoms with Crippen LogP contribution in [-0.4, -0.2) is 22.7 Å². The average Bonchev–Trinajstić information content (AvgIpc) is 2.39. The summed E-state index contributed by atoms with van der Waals surface area (Å²) in [7, 11) is 0. The van der Waals surface area contributed by atoms with Crippen LogP contribution in [0.4, 0.5) is 5.82 Å². The van der Waals surface area contributed by atoms with Crippen molar-refractivity contribution < 1.29 is 5.11 Å². The molecular formula is C15H18N2O. The molecule has 94 valence electrons. The van der Waals surface area contributed by atoms with Gasteiger partial charge in [0.2, 0.25) is 0 Å². The molecule has 0 fully saturated rings. The summed E-state index contributed by atoms with van der Waals surface area (Å²) in [4.78, 5) is 4.24. The first-order valence-electron chi connectivity index (χ1n) is 6.12. The van der Waals surface area contributed by atoms with E-state index in [0.717, 1.165) is 16.9 Å². The highest BCUT2D eigenvalue weighted by atomic mass is 16.3. The van der Waals surface area contributed by atoms with Crippen molar-refractivity contribution in [3.05, 3.63) is 59.8 Å². The molecule has 0 spiro atoms. The van der Waals surface area contributed by atoms with E-state index in [-0.39, 0.29) is 0 Å². The molecule has 1 aromatic heterocycles. The fourth-order valence-corrected chi connectivity index (χ4v) is 1.75. The Morgan fingerprint density at radius 3 is 2.61 bits per heavy atom. The molecule has 2 N–H and O–H groups in total. The molecule has 3 nitrogen and oxygen atoms in total. The molecule has 1 atom stereocenters. The second kappa shape index (κ2) is 6.17. The van der Waals surface area contributed by atoms with Gasteiger partial charge in [-0.1, -0.05) is 36.4 Å². The Hall–Kier alpha value is -1.87. The van der Waals surface area contributed by atoms with Gasteiger partial charge < -0.3 is 10.4 Å². The van der Waals surface area contributed by atoms with Crippen LogP contribution < -0.4 is 5.32 Å². The molecule has 2 aromatic rings. The van der Waals surface area contributed by atoms with Gasteiger partial charge in [0.05, 0.1) is 6.10 Å². The lowest BCUT2D eigenvalue weighted by atomic mass is 10.1. The lowest BCUT2D eigenvalue weighted by Crippen LogP contribution is -2.22. The third-order valence-electron chi connectivity index (χ3n) is 2.74. The quantitative estimate of drug-likeness (QED) is 0.846. The highest BCUT2D eigenvalue weighted by molar-refractivity contribution is 5.35. The number of benzene rings is 1. The normalized spacial score (nSPS) is 12.1. The summed E-state index contributed by atoms with van der Waals surface area (Å²) in [5.74, 6) is 0.799. The predicted molar refractivity (Wildman–Crippen MR) is 73.6 cm³/mol. The summed E-state index contributed by atoms with van der Waals surface area (Å²) in [6, 6.07) is 13.9. The fraction of sp³-hybridized carbons (Fsp3) is 0.267. The van der Waals surface area contributed by atoms with E-state index in [1.54, 1.807) is 0 Å². The van der Waals surface area contributed by atoms with Crippen LogP contribution in [0, 0.1) is 6.92 Å². The summed E-state index contributed by atoms with van der Waals surface area (Å²) >= 11 is 0. The standard InChI is InChI=1S/C15H18N2O/c1-12-7-8-15(16-10-12)17-11-14(18)9-13-5-3-2-4-6-13/h2-8,10,14,18H,9,11H2,1H3,(H,16,17). The van der Waals surface area contributed by atoms with Gasteiger partial charge in [0.25, 0.3) is 0 Å². The van der Waals surface area contributed by atoms with Crippen molar-refractivity contribution in [1.82, 2.24) is 4.98 Å². The van der Waals surface area contributed by atoms with E-state index in [1.807, 2.05) is 55.6 Å². The van der Waals surface area contributed by atoms with Crippen LogP contribution in [0.3, 0.4) is 0 Å². The first kappa shape index (κ1) is 12.6. The monoisotopic (exact) mass is 242 g/mol. The van der Waals surface area contributed by atoms with Gasteiger partial charge in [-0.15, -0.1) is 0 Å². The zero-order valence-corrected chi connectivity index (χ0v) is 10.5. The molecule has 0 saturated heterocycles. The molecule has 0 bridgehead atoms. The molecule has 1 heterocycles. The summed E-state index contributed by atoms with van der Waals surface area (Å²) in [6.45, 7) is 2.51. The summed E-state index contributed by atoms with van der Waals surface area (Å²) in [5, 5.41) is 13.1. The van der Waals surface area contributed by atoms with Crippen LogP contribution >= 0.6 is 0 Å². The number of hydrogen-bond acceptors (Lipinski definition) is 3. The van der Waals surface area contributed by atoms with Crippen LogP contribution in [0.2, 0.25) is 0 Å². The second-order valence-electron chi connectivity index (χ2n) is 4.45. The number of aryl methyl sites for hydroxylation is 1. The molecule has 0 aliphatic rings. The fourth-order valence-electron chi connectivity index (χ4n) is 1.75. The van der Waals surface area contributed by atoms with Crippen LogP contribution in [0.1, 0.15) is 11.1 Å². The number of pyridine rings is 1. The number of nitrogens with zero attached hydrogens (tertiary/aromatic N) is 1. The Morgan fingerprint density at radius 1 is 1.17 bits per heavy atom. The van der Waals surface area contributed by atoms with Crippen LogP contribution in [0.15, 0.2) is 48.7 Å². The molecule has 0 radical (unpaired) electrons. The molecule has 0 aliphatic carbocycles. The maximum atomic E-state index is 9.93. The number of hydrogen-bond donors (Lipinski definition) is 2. The van der Waals surface area contributed by atoms with Gasteiger partial charge in [-0.2, -0.15) is 0 Å². The Balaban J connectivity index is 1.81. The highest BCUT2D eigenvalue weighted by Crippen LogP contribution is 2.06. The number of aromatic nitrogens is 1. The maximum Gasteiger partial charge on any atom is 0.125 e. The Kier molecular flexibility index (Phi) is 4.31. The van der Waals surface area contributed by atoms with Crippen molar-refractivity contribution >= 4 is 5.82 Å². The SMILES string of the molecule is Cc1ccc(NCC(O)Cc2ccccc2)nc1. The highest BCUT2D eigenvalue weighted by Gasteiger charge is 2.05. The first-order valence-corrected chi connectivity index (χ1v) is 6.12. The molecule has 0 aliphatic heterocycles. The Labute approximate surface area is 108 Å². The largest absolute Gasteiger partial charge is 0.391 e. The van der Waals surface area contributed by atoms with Crippen molar-refractivity contribution in [2.45, 2.75) is 19.4 Å². The zero-order chi connectivity index (χ0) is 12.8. The minimum atomic E-state index is -0.407. The van der Waals surface area contributed by atoms with Gasteiger partial charge in [0, 0.05) is 19.2 Å². The van der Waals surface area contributed by atoms with Crippen LogP contribution in [0.5, 0.6) is 0 Å². The summed E-state index contributed by atoms with van der Waals surface area (Å²) in [6.07, 6.45) is 2.06. The molecule has 3 heteroatoms. The van der Waals surface area contributed by atoms with Gasteiger partial charge in [-0.05, 0) is 24.1 Å². The topological polar surface area (TPSA) is 45.1 Å². The molecule has 2 rings (SSSR count). The van der Waals surface area contributed by atoms with Crippen molar-refractivity contribution in [3.63, 3.8) is 0 Å². The molecule has 0 amide bonds. The van der Waals surface area contributed by atoms with Gasteiger partial charge >= 0.3 is 0 Å². The molecule has 0 saturated carbocycles. The Morgan fingerprint density at radius 2 is 1.94 bits per heavy atom. The van der Waals surface area contributed by atoms with Crippen molar-refractivity contribution in [2.75, 3.05) is 11.9 Å². The molecule has 18 heavy (non-hydrogen) atoms. The molecular weight excluding hydrogens is 224 g/mol. The van der Waals surface area contributed by atoms with E-state index in [0.29, 0.717) is 13.0 Å². The van der Waals surface area contributed by atoms with E-state index in [4.69, 9.17) is 0 Å². The third kappa shape index (κ3) is 3.86. The van der Waals surface area contributed by atoms with Crippen LogP contribution in [0.25, 0.3) is 0 Å². The minimum Gasteiger partial charge on any atom is -0.391 e. The number of aliphatic hydroxyl groups is 1. The average molecular weight is 242 g/mol. The van der Waals surface area contributed by atoms with E-state index in [9.17, 15) is 5.11 Å². The lowest BCUT2D eigenvalue weighted by Gasteiger charge is -2.12. The first-order chi connectivity index (χ1) is 8.74. The smallest absolute Gasteiger partial charge is 0.125 e. The van der Waals surface area contributed by atoms with E-state index >= 15 is 0 Å². The van der Waals surface area contributed by atoms with Gasteiger partial charge in [-0.25, -0.2) is 4.98 Å². The van der Waals surface area contributed by atoms with E-state index in [1.165, 1.54) is 0 Å². The summed E-state index contributed by atoms with van der Waals surface area (Å²) in [5.41, 5.74) is 2.27. The zero-order valence-electron chi connectivity index (χ0n) is 10.5.